The number of benzene rings is 11. The molecule has 0 saturated carbocycles. The number of ether oxygens (including phenoxy) is 1. The molecule has 0 aliphatic carbocycles. The van der Waals surface area contributed by atoms with Gasteiger partial charge in [0.05, 0.1) is 44.1 Å². The van der Waals surface area contributed by atoms with Gasteiger partial charge in [0.25, 0.3) is 6.33 Å². The molecular weight excluding hydrogens is 1290 g/mol. The Labute approximate surface area is 585 Å². The molecule has 444 valence electrons. The maximum Gasteiger partial charge on any atom is 0.268 e. The Hall–Kier alpha value is -9.45. The second-order valence-corrected chi connectivity index (χ2v) is 27.0. The molecule has 5 nitrogen and oxygen atoms in total. The number of para-hydroxylation sites is 2. The van der Waals surface area contributed by atoms with E-state index < -0.39 is 176 Å². The van der Waals surface area contributed by atoms with Crippen LogP contribution in [0.2, 0.25) is 0 Å². The molecule has 0 unspecified atom stereocenters. The molecule has 0 saturated heterocycles. The minimum Gasteiger partial charge on any atom is -0.510 e. The smallest absolute Gasteiger partial charge is 0.268 e. The zero-order chi connectivity index (χ0) is 86.1. The average molecular weight is 1390 g/mol. The van der Waals surface area contributed by atoms with Crippen LogP contribution in [0, 0.1) is 39.0 Å². The van der Waals surface area contributed by atoms with Crippen LogP contribution in [0.4, 0.5) is 0 Å². The molecule has 0 amide bonds. The fourth-order valence-electron chi connectivity index (χ4n) is 11.6. The van der Waals surface area contributed by atoms with Crippen LogP contribution in [0.15, 0.2) is 261 Å². The Morgan fingerprint density at radius 3 is 1.74 bits per heavy atom. The summed E-state index contributed by atoms with van der Waals surface area (Å²) in [4.78, 5) is 4.70. The van der Waals surface area contributed by atoms with E-state index in [9.17, 15) is 16.4 Å². The molecule has 7 heteroatoms. The van der Waals surface area contributed by atoms with Crippen LogP contribution in [-0.2, 0) is 31.9 Å². The molecule has 0 fully saturated rings. The quantitative estimate of drug-likeness (QED) is 0.0529. The van der Waals surface area contributed by atoms with E-state index in [1.54, 1.807) is 59.2 Å². The van der Waals surface area contributed by atoms with E-state index in [1.165, 1.54) is 63.7 Å². The van der Waals surface area contributed by atoms with Gasteiger partial charge in [0, 0.05) is 62.2 Å². The second-order valence-electron chi connectivity index (χ2n) is 23.5. The number of hydrogen-bond donors (Lipinski definition) is 0. The molecule has 0 bridgehead atoms. The number of imidazole rings is 1. The Balaban J connectivity index is 0.0000123. The molecule has 0 N–H and O–H groups in total. The Bertz CT molecular complexity index is 6260. The van der Waals surface area contributed by atoms with E-state index in [4.69, 9.17) is 33.0 Å². The van der Waals surface area contributed by atoms with E-state index in [0.717, 1.165) is 17.3 Å². The van der Waals surface area contributed by atoms with E-state index in [1.807, 2.05) is 65.8 Å². The first kappa shape index (κ1) is 34.5. The maximum absolute atomic E-state index is 10.2. The van der Waals surface area contributed by atoms with Crippen LogP contribution in [0.5, 0.6) is 11.5 Å². The summed E-state index contributed by atoms with van der Waals surface area (Å²) in [5, 5.41) is -1.40. The number of aromatic nitrogens is 4. The number of nitrogens with zero attached hydrogens (tertiary/aromatic N) is 4. The summed E-state index contributed by atoms with van der Waals surface area (Å²) < 4.78 is 278. The summed E-state index contributed by atoms with van der Waals surface area (Å²) in [6, 6.07) is 23.5. The fraction of sp³-hybridized carbons (Fsp3) is 0.133. The molecule has 0 aliphatic rings. The number of hydrogen-bond acceptors (Lipinski definition) is 2. The van der Waals surface area contributed by atoms with Crippen molar-refractivity contribution in [2.24, 2.45) is 0 Å². The summed E-state index contributed by atoms with van der Waals surface area (Å²) in [5.74, 6) is 0.0391. The first-order valence-electron chi connectivity index (χ1n) is 43.0. The number of fused-ring (bicyclic) bond motifs is 4. The van der Waals surface area contributed by atoms with Crippen molar-refractivity contribution in [3.63, 3.8) is 0 Å². The van der Waals surface area contributed by atoms with Crippen molar-refractivity contribution in [1.29, 1.82) is 0 Å². The van der Waals surface area contributed by atoms with Crippen LogP contribution < -0.4 is 30.1 Å². The van der Waals surface area contributed by atoms with Crippen LogP contribution in [-0.4, -0.2) is 22.2 Å². The summed E-state index contributed by atoms with van der Waals surface area (Å²) >= 11 is 0. The van der Waals surface area contributed by atoms with Crippen LogP contribution in [0.1, 0.15) is 109 Å². The number of aryl methyl sites for hydroxylation is 3. The van der Waals surface area contributed by atoms with Crippen LogP contribution in [0.3, 0.4) is 0 Å². The summed E-state index contributed by atoms with van der Waals surface area (Å²) in [7, 11) is -6.11. The molecule has 0 radical (unpaired) electrons. The van der Waals surface area contributed by atoms with Gasteiger partial charge in [-0.15, -0.1) is 29.7 Å². The number of rotatable bonds is 12. The van der Waals surface area contributed by atoms with Crippen LogP contribution in [0.25, 0.3) is 83.4 Å². The van der Waals surface area contributed by atoms with Gasteiger partial charge < -0.3 is 13.9 Å². The van der Waals surface area contributed by atoms with Crippen molar-refractivity contribution in [3.8, 4) is 62.1 Å². The van der Waals surface area contributed by atoms with E-state index in [0.29, 0.717) is 27.4 Å². The first-order chi connectivity index (χ1) is 55.0. The van der Waals surface area contributed by atoms with E-state index >= 15 is 0 Å². The van der Waals surface area contributed by atoms with Crippen molar-refractivity contribution in [2.75, 3.05) is 0 Å². The van der Waals surface area contributed by atoms with Crippen molar-refractivity contribution < 1.29 is 70.1 Å². The SMILES string of the molecule is [2H]c1c([2H])c([2H])c(-c2cnc(-n3c4[c-]c(Oc5[c-]c(-n6[c-][n+](-c7c(-c8cc(C(C)(C)C)cc(C(C)(C)C)c8)cccc7[Si](c7c([2H])c([2H])c([2H])c([2H])c7[2H])(c7c([2H])c([2H])c([2H])c([2H])c7[2H])c7c([2H])c([2H])c([2H])c([2H])c7[2H])c7ccc(-c8c(C([2H])([2H])[2H])cccc8C([2H])([2H])[2H])cc76)ccc5)ccc4c4ccccc43)cc2C([2H])([2H])[2H])c([2H])c1[2H].[Pt]. The molecule has 3 aromatic heterocycles. The first-order valence-corrected chi connectivity index (χ1v) is 30.5. The molecule has 0 spiro atoms. The van der Waals surface area contributed by atoms with Gasteiger partial charge in [0.1, 0.15) is 5.82 Å². The predicted octanol–water partition coefficient (Wildman–Crippen LogP) is 17.5. The fourth-order valence-corrected chi connectivity index (χ4v) is 15.6. The van der Waals surface area contributed by atoms with E-state index in [2.05, 4.69) is 18.5 Å². The van der Waals surface area contributed by atoms with Gasteiger partial charge in [0.2, 0.25) is 0 Å². The molecule has 0 atom stereocenters. The molecule has 11 aromatic carbocycles. The van der Waals surface area contributed by atoms with Gasteiger partial charge in [-0.25, -0.2) is 4.98 Å². The second kappa shape index (κ2) is 23.8. The van der Waals surface area contributed by atoms with Crippen LogP contribution >= 0.6 is 0 Å². The van der Waals surface area contributed by atoms with Crippen molar-refractivity contribution >= 4 is 61.7 Å². The molecular formula is C83H70N4OPtSi-2. The third-order valence-electron chi connectivity index (χ3n) is 15.9. The Morgan fingerprint density at radius 1 is 0.511 bits per heavy atom. The van der Waals surface area contributed by atoms with Crippen molar-refractivity contribution in [2.45, 2.75) is 72.9 Å². The van der Waals surface area contributed by atoms with Gasteiger partial charge in [-0.1, -0.05) is 253 Å². The largest absolute Gasteiger partial charge is 0.510 e. The topological polar surface area (TPSA) is 35.9 Å². The third kappa shape index (κ3) is 10.7. The van der Waals surface area contributed by atoms with Gasteiger partial charge in [-0.05, 0) is 137 Å². The minimum atomic E-state index is -6.11. The normalized spacial score (nSPS) is 17.0. The van der Waals surface area contributed by atoms with Gasteiger partial charge in [-0.2, -0.15) is 18.2 Å². The standard InChI is InChI=1S/C83H70N4OSi.Pt/c1-56-27-24-28-57(2)80(56)60-43-46-75-77(50-60)85(64-31-25-32-65(52-64)88-66-44-45-72-71-39-22-23-41-74(71)87(76(72)53-66)79-47-58(3)73(54-84-79)59-29-14-10-15-30-59)55-86(75)81-70(61-48-62(82(4,5)6)51-63(49-61)83(7,8)9)40-26-42-78(81)89(67-33-16-11-17-34-67,68-35-18-12-19-36-68)69-37-20-13-21-38-69;/h10-51,54H,1-9H3;/q-2;/i1D3,2D3,3D3,10D,11D,12D,13D,14D,15D,16D,17D,18D,19D,20D,21D,29D,30D,33D,34D,35D,36D,37D,38D;. The predicted molar refractivity (Wildman–Crippen MR) is 372 cm³/mol. The minimum absolute atomic E-state index is 0. The maximum atomic E-state index is 10.2. The van der Waals surface area contributed by atoms with Gasteiger partial charge >= 0.3 is 0 Å². The van der Waals surface area contributed by atoms with Crippen molar-refractivity contribution in [1.82, 2.24) is 14.1 Å². The Morgan fingerprint density at radius 2 is 1.11 bits per heavy atom. The van der Waals surface area contributed by atoms with Gasteiger partial charge in [0.15, 0.2) is 8.07 Å². The molecule has 90 heavy (non-hydrogen) atoms. The monoisotopic (exact) mass is 1390 g/mol. The summed E-state index contributed by atoms with van der Waals surface area (Å²) in [6.07, 6.45) is 4.63. The zero-order valence-corrected chi connectivity index (χ0v) is 52.6. The van der Waals surface area contributed by atoms with Gasteiger partial charge in [-0.3, -0.25) is 4.57 Å². The van der Waals surface area contributed by atoms with E-state index in [-0.39, 0.29) is 110 Å². The Kier molecular flexibility index (Phi) is 9.13. The average Bonchev–Trinajstić information content (AvgIpc) is 1.66. The molecule has 14 rings (SSSR count). The molecule has 3 heterocycles. The zero-order valence-electron chi connectivity index (χ0n) is 78.3. The molecule has 14 aromatic rings. The number of pyridine rings is 1. The van der Waals surface area contributed by atoms with Crippen molar-refractivity contribution in [3.05, 3.63) is 307 Å². The molecule has 0 aliphatic heterocycles. The summed E-state index contributed by atoms with van der Waals surface area (Å²) in [6.45, 7) is 3.08. The summed E-state index contributed by atoms with van der Waals surface area (Å²) in [5.41, 5.74) is -0.137. The third-order valence-corrected chi connectivity index (χ3v) is 20.1.